The van der Waals surface area contributed by atoms with Crippen LogP contribution in [0, 0.1) is 0 Å². The summed E-state index contributed by atoms with van der Waals surface area (Å²) in [6.07, 6.45) is 0. The number of hydrogen-bond donors (Lipinski definition) is 0. The van der Waals surface area contributed by atoms with Gasteiger partial charge in [0.15, 0.2) is 0 Å². The van der Waals surface area contributed by atoms with E-state index in [2.05, 4.69) is 494 Å². The molecule has 692 valence electrons. The highest BCUT2D eigenvalue weighted by Gasteiger charge is 2.24. The second-order valence-corrected chi connectivity index (χ2v) is 38.4. The molecule has 0 aliphatic rings. The van der Waals surface area contributed by atoms with E-state index in [-0.39, 0.29) is 0 Å². The van der Waals surface area contributed by atoms with E-state index in [4.69, 9.17) is 22.1 Å². The van der Waals surface area contributed by atoms with Crippen LogP contribution in [-0.2, 0) is 0 Å². The highest BCUT2D eigenvalue weighted by Crippen LogP contribution is 2.49. The number of nitrogens with zero attached hydrogens (tertiary/aromatic N) is 3. The lowest BCUT2D eigenvalue weighted by Gasteiger charge is -2.26. The molecule has 0 saturated heterocycles. The van der Waals surface area contributed by atoms with Crippen molar-refractivity contribution >= 4 is 192 Å². The molecule has 0 saturated carbocycles. The minimum absolute atomic E-state index is 0.856. The van der Waals surface area contributed by atoms with Gasteiger partial charge in [0, 0.05) is 137 Å². The van der Waals surface area contributed by atoms with Gasteiger partial charge in [-0.05, 0) is 277 Å². The van der Waals surface area contributed by atoms with Gasteiger partial charge in [-0.3, -0.25) is 0 Å². The molecule has 0 bridgehead atoms. The molecule has 0 unspecified atom stereocenters. The normalized spacial score (nSPS) is 11.5. The van der Waals surface area contributed by atoms with Crippen LogP contribution in [0.4, 0.5) is 51.2 Å². The summed E-state index contributed by atoms with van der Waals surface area (Å²) in [6.45, 7) is 0. The average Bonchev–Trinajstić information content (AvgIpc) is 1.61. The Labute approximate surface area is 851 Å². The van der Waals surface area contributed by atoms with Crippen molar-refractivity contribution in [2.45, 2.75) is 0 Å². The van der Waals surface area contributed by atoms with E-state index < -0.39 is 0 Å². The predicted molar refractivity (Wildman–Crippen MR) is 616 cm³/mol. The van der Waals surface area contributed by atoms with Crippen molar-refractivity contribution < 1.29 is 22.1 Å². The Kier molecular flexibility index (Phi) is 22.0. The maximum Gasteiger partial charge on any atom is 0.137 e. The van der Waals surface area contributed by atoms with E-state index in [1.54, 1.807) is 0 Å². The Hall–Kier alpha value is -19.3. The highest BCUT2D eigenvalue weighted by atomic mass is 32.1. The lowest BCUT2D eigenvalue weighted by atomic mass is 10.0. The molecule has 6 aromatic heterocycles. The summed E-state index contributed by atoms with van der Waals surface area (Å²) in [7, 11) is 0. The van der Waals surface area contributed by atoms with E-state index in [1.807, 2.05) is 72.0 Å². The monoisotopic (exact) mass is 1900 g/mol. The number of fused-ring (bicyclic) bond motifs is 18. The quantitative estimate of drug-likeness (QED) is 0.0893. The zero-order valence-electron chi connectivity index (χ0n) is 79.7. The Morgan fingerprint density at radius 2 is 0.272 bits per heavy atom. The number of rotatable bonds is 17. The zero-order valence-corrected chi connectivity index (χ0v) is 80.5. The van der Waals surface area contributed by atoms with Crippen LogP contribution >= 0.6 is 11.3 Å². The van der Waals surface area contributed by atoms with Gasteiger partial charge in [0.1, 0.15) is 55.8 Å². The van der Waals surface area contributed by atoms with E-state index in [1.165, 1.54) is 70.2 Å². The highest BCUT2D eigenvalue weighted by molar-refractivity contribution is 7.25. The first-order valence-electron chi connectivity index (χ1n) is 49.7. The standard InChI is InChI=1S/C48H31NO2.C48H31NOS.C42H27NO2/c1-3-9-32(10-4-1)34-15-21-38(22-16-34)49(39-23-17-35(18-24-39)37-20-26-42-41-13-7-8-14-45(41)50-46(42)30-37)40-25-28-44-43-27-19-36(33-11-5-2-6-12-33)29-47(43)51-48(44)31-40;1-3-9-32(10-4-1)34-15-21-38(22-16-34)49(39-23-17-35(18-24-39)36-19-26-42-41-13-7-8-14-45(41)50-46(42)29-36)40-25-28-44-43-27-20-37(33-11-5-2-6-12-33)30-47(43)51-48(44)31-40;1-2-8-28(9-3-1)29-14-19-32(20-15-29)43(34-23-25-38-36-11-5-7-13-40(36)45-42(38)27-34)33-21-16-30(17-22-33)31-18-24-37-35-10-4-6-12-39(35)44-41(37)26-31/h2*1-31H;1-27H. The summed E-state index contributed by atoms with van der Waals surface area (Å²) in [5.74, 6) is 0. The third-order valence-electron chi connectivity index (χ3n) is 28.5. The zero-order chi connectivity index (χ0) is 97.2. The maximum atomic E-state index is 6.55. The Morgan fingerprint density at radius 3 is 0.544 bits per heavy atom. The predicted octanol–water partition coefficient (Wildman–Crippen LogP) is 40.7. The summed E-state index contributed by atoms with van der Waals surface area (Å²) < 4.78 is 34.0. The molecule has 0 aliphatic carbocycles. The first kappa shape index (κ1) is 86.8. The van der Waals surface area contributed by atoms with E-state index in [9.17, 15) is 0 Å². The fourth-order valence-corrected chi connectivity index (χ4v) is 22.2. The lowest BCUT2D eigenvalue weighted by molar-refractivity contribution is 0.668. The van der Waals surface area contributed by atoms with Crippen LogP contribution in [0.15, 0.2) is 562 Å². The van der Waals surface area contributed by atoms with Crippen molar-refractivity contribution in [3.05, 3.63) is 540 Å². The lowest BCUT2D eigenvalue weighted by Crippen LogP contribution is -2.09. The number of benzene rings is 23. The number of thiophene rings is 1. The van der Waals surface area contributed by atoms with Crippen molar-refractivity contribution in [1.29, 1.82) is 0 Å². The van der Waals surface area contributed by atoms with Crippen LogP contribution in [0.25, 0.3) is 219 Å². The van der Waals surface area contributed by atoms with Gasteiger partial charge >= 0.3 is 0 Å². The molecule has 0 aliphatic heterocycles. The topological polar surface area (TPSA) is 75.4 Å². The van der Waals surface area contributed by atoms with Crippen molar-refractivity contribution in [2.24, 2.45) is 0 Å². The molecule has 0 spiro atoms. The second kappa shape index (κ2) is 37.3. The molecule has 6 heterocycles. The molecule has 29 aromatic rings. The van der Waals surface area contributed by atoms with Crippen LogP contribution < -0.4 is 14.7 Å². The first-order valence-corrected chi connectivity index (χ1v) is 50.5. The Bertz CT molecular complexity index is 9550. The minimum atomic E-state index is 0.856. The minimum Gasteiger partial charge on any atom is -0.456 e. The summed E-state index contributed by atoms with van der Waals surface area (Å²) in [5.41, 5.74) is 37.3. The van der Waals surface area contributed by atoms with Gasteiger partial charge in [0.2, 0.25) is 0 Å². The molecule has 0 fully saturated rings. The fraction of sp³-hybridized carbons (Fsp3) is 0. The number of para-hydroxylation sites is 4. The van der Waals surface area contributed by atoms with Gasteiger partial charge in [-0.25, -0.2) is 0 Å². The Balaban J connectivity index is 0.000000109. The number of anilines is 9. The molecule has 9 heteroatoms. The smallest absolute Gasteiger partial charge is 0.137 e. The second-order valence-electron chi connectivity index (χ2n) is 37.3. The van der Waals surface area contributed by atoms with Gasteiger partial charge in [0.25, 0.3) is 0 Å². The average molecular weight is 1900 g/mol. The molecule has 8 nitrogen and oxygen atoms in total. The van der Waals surface area contributed by atoms with E-state index in [0.29, 0.717) is 0 Å². The largest absolute Gasteiger partial charge is 0.456 e. The molecule has 0 radical (unpaired) electrons. The Morgan fingerprint density at radius 1 is 0.109 bits per heavy atom. The molecule has 0 amide bonds. The van der Waals surface area contributed by atoms with Crippen molar-refractivity contribution in [3.8, 4) is 89.0 Å². The third-order valence-corrected chi connectivity index (χ3v) is 29.6. The summed E-state index contributed by atoms with van der Waals surface area (Å²) >= 11 is 1.86. The summed E-state index contributed by atoms with van der Waals surface area (Å²) in [4.78, 5) is 6.94. The SMILES string of the molecule is c1ccc(-c2ccc(N(c3ccc(-c4ccc5c(c4)oc4ccccc45)cc3)c3ccc4c(c3)oc3cc(-c5ccccc5)ccc34)cc2)cc1.c1ccc(-c2ccc(N(c3ccc(-c4ccc5c(c4)oc4ccccc45)cc3)c3ccc4c(c3)oc3ccccc34)cc2)cc1.c1ccc(-c2ccc(N(c3ccc(-c4ccc5c(c4)oc4ccccc45)cc3)c3ccc4c(c3)sc3cc(-c5ccccc5)ccc34)cc2)cc1. The van der Waals surface area contributed by atoms with Gasteiger partial charge in [-0.15, -0.1) is 11.3 Å². The van der Waals surface area contributed by atoms with Crippen LogP contribution in [0.1, 0.15) is 0 Å². The maximum absolute atomic E-state index is 6.55. The molecule has 147 heavy (non-hydrogen) atoms. The van der Waals surface area contributed by atoms with Crippen LogP contribution in [-0.4, -0.2) is 0 Å². The van der Waals surface area contributed by atoms with Gasteiger partial charge < -0.3 is 36.8 Å². The van der Waals surface area contributed by atoms with Crippen LogP contribution in [0.2, 0.25) is 0 Å². The van der Waals surface area contributed by atoms with E-state index >= 15 is 0 Å². The van der Waals surface area contributed by atoms with Gasteiger partial charge in [-0.1, -0.05) is 340 Å². The van der Waals surface area contributed by atoms with Gasteiger partial charge in [-0.2, -0.15) is 0 Å². The number of hydrogen-bond acceptors (Lipinski definition) is 9. The van der Waals surface area contributed by atoms with E-state index in [0.717, 1.165) is 200 Å². The van der Waals surface area contributed by atoms with Crippen LogP contribution in [0.5, 0.6) is 0 Å². The molecule has 29 rings (SSSR count). The van der Waals surface area contributed by atoms with Crippen molar-refractivity contribution in [3.63, 3.8) is 0 Å². The van der Waals surface area contributed by atoms with Crippen molar-refractivity contribution in [1.82, 2.24) is 0 Å². The summed E-state index contributed by atoms with van der Waals surface area (Å²) in [5, 5.41) is 13.9. The third kappa shape index (κ3) is 16.6. The first-order chi connectivity index (χ1) is 72.8. The number of furan rings is 5. The molecule has 0 atom stereocenters. The fourth-order valence-electron chi connectivity index (χ4n) is 21.1. The van der Waals surface area contributed by atoms with Crippen LogP contribution in [0.3, 0.4) is 0 Å². The molecule has 0 N–H and O–H groups in total. The molecular weight excluding hydrogens is 1810 g/mol. The molecular formula is C138H89N3O5S. The van der Waals surface area contributed by atoms with Crippen molar-refractivity contribution in [2.75, 3.05) is 14.7 Å². The molecule has 23 aromatic carbocycles. The summed E-state index contributed by atoms with van der Waals surface area (Å²) in [6, 6.07) is 191. The van der Waals surface area contributed by atoms with Gasteiger partial charge in [0.05, 0.1) is 0 Å².